The van der Waals surface area contributed by atoms with E-state index in [1.165, 1.54) is 12.1 Å². The summed E-state index contributed by atoms with van der Waals surface area (Å²) in [6.45, 7) is 0.694. The lowest BCUT2D eigenvalue weighted by Gasteiger charge is -2.18. The summed E-state index contributed by atoms with van der Waals surface area (Å²) in [4.78, 5) is 24.1. The Morgan fingerprint density at radius 1 is 1.42 bits per heavy atom. The standard InChI is InChI=1S/C13H16N2O4/c1-15(7-8-2-3-8)13(19)14-10-5-4-9(12(17)18)6-11(10)16/h4-6,8,16H,2-3,7H2,1H3,(H,14,19)(H,17,18). The van der Waals surface area contributed by atoms with Gasteiger partial charge in [-0.1, -0.05) is 0 Å². The second-order valence-electron chi connectivity index (χ2n) is 4.79. The van der Waals surface area contributed by atoms with Crippen molar-refractivity contribution in [2.75, 3.05) is 18.9 Å². The number of carboxylic acids is 1. The van der Waals surface area contributed by atoms with Crippen LogP contribution in [0.25, 0.3) is 0 Å². The van der Waals surface area contributed by atoms with Crippen molar-refractivity contribution >= 4 is 17.7 Å². The number of hydrogen-bond donors (Lipinski definition) is 3. The van der Waals surface area contributed by atoms with Gasteiger partial charge in [-0.3, -0.25) is 0 Å². The van der Waals surface area contributed by atoms with Gasteiger partial charge in [-0.2, -0.15) is 0 Å². The minimum absolute atomic E-state index is 0.0261. The molecule has 2 amide bonds. The first-order valence-corrected chi connectivity index (χ1v) is 6.06. The molecule has 1 fully saturated rings. The molecule has 0 spiro atoms. The highest BCUT2D eigenvalue weighted by Crippen LogP contribution is 2.30. The van der Waals surface area contributed by atoms with Crippen LogP contribution in [0.3, 0.4) is 0 Å². The number of urea groups is 1. The van der Waals surface area contributed by atoms with E-state index in [2.05, 4.69) is 5.32 Å². The van der Waals surface area contributed by atoms with E-state index < -0.39 is 5.97 Å². The maximum absolute atomic E-state index is 11.8. The second-order valence-corrected chi connectivity index (χ2v) is 4.79. The average molecular weight is 264 g/mol. The average Bonchev–Trinajstić information content (AvgIpc) is 3.15. The van der Waals surface area contributed by atoms with Crippen LogP contribution in [0.1, 0.15) is 23.2 Å². The SMILES string of the molecule is CN(CC1CC1)C(=O)Nc1ccc(C(=O)O)cc1O. The molecular formula is C13H16N2O4. The molecule has 1 aromatic rings. The van der Waals surface area contributed by atoms with Crippen LogP contribution in [0.5, 0.6) is 5.75 Å². The van der Waals surface area contributed by atoms with Crippen LogP contribution in [0.4, 0.5) is 10.5 Å². The Balaban J connectivity index is 2.01. The summed E-state index contributed by atoms with van der Waals surface area (Å²) < 4.78 is 0. The fraction of sp³-hybridized carbons (Fsp3) is 0.385. The van der Waals surface area contributed by atoms with E-state index >= 15 is 0 Å². The monoisotopic (exact) mass is 264 g/mol. The van der Waals surface area contributed by atoms with Gasteiger partial charge < -0.3 is 20.4 Å². The zero-order valence-corrected chi connectivity index (χ0v) is 10.6. The summed E-state index contributed by atoms with van der Waals surface area (Å²) in [5, 5.41) is 21.0. The van der Waals surface area contributed by atoms with E-state index in [-0.39, 0.29) is 23.0 Å². The third-order valence-corrected chi connectivity index (χ3v) is 3.06. The van der Waals surface area contributed by atoms with Crippen molar-refractivity contribution < 1.29 is 19.8 Å². The van der Waals surface area contributed by atoms with E-state index in [1.807, 2.05) is 0 Å². The molecule has 0 radical (unpaired) electrons. The van der Waals surface area contributed by atoms with Crippen molar-refractivity contribution in [3.05, 3.63) is 23.8 Å². The Morgan fingerprint density at radius 2 is 2.11 bits per heavy atom. The zero-order valence-electron chi connectivity index (χ0n) is 10.6. The Hall–Kier alpha value is -2.24. The number of carbonyl (C=O) groups excluding carboxylic acids is 1. The zero-order chi connectivity index (χ0) is 14.0. The van der Waals surface area contributed by atoms with E-state index in [4.69, 9.17) is 5.11 Å². The Labute approximate surface area is 110 Å². The molecule has 1 saturated carbocycles. The van der Waals surface area contributed by atoms with Crippen LogP contribution in [0.2, 0.25) is 0 Å². The molecule has 0 bridgehead atoms. The molecule has 102 valence electrons. The first-order valence-electron chi connectivity index (χ1n) is 6.06. The molecule has 1 aliphatic carbocycles. The first kappa shape index (κ1) is 13.2. The number of nitrogens with zero attached hydrogens (tertiary/aromatic N) is 1. The number of aromatic hydroxyl groups is 1. The number of rotatable bonds is 4. The lowest BCUT2D eigenvalue weighted by molar-refractivity contribution is 0.0696. The molecule has 2 rings (SSSR count). The van der Waals surface area contributed by atoms with Crippen molar-refractivity contribution in [2.24, 2.45) is 5.92 Å². The van der Waals surface area contributed by atoms with Crippen LogP contribution in [-0.2, 0) is 0 Å². The number of carboxylic acid groups (broad SMARTS) is 1. The van der Waals surface area contributed by atoms with E-state index in [0.717, 1.165) is 18.9 Å². The summed E-state index contributed by atoms with van der Waals surface area (Å²) in [7, 11) is 1.69. The van der Waals surface area contributed by atoms with Gasteiger partial charge in [-0.25, -0.2) is 9.59 Å². The lowest BCUT2D eigenvalue weighted by atomic mass is 10.2. The van der Waals surface area contributed by atoms with Crippen molar-refractivity contribution in [3.8, 4) is 5.75 Å². The summed E-state index contributed by atoms with van der Waals surface area (Å²) in [6.07, 6.45) is 2.30. The van der Waals surface area contributed by atoms with Crippen molar-refractivity contribution in [2.45, 2.75) is 12.8 Å². The molecule has 6 heteroatoms. The van der Waals surface area contributed by atoms with Gasteiger partial charge >= 0.3 is 12.0 Å². The number of nitrogens with one attached hydrogen (secondary N) is 1. The van der Waals surface area contributed by atoms with Crippen molar-refractivity contribution in [1.82, 2.24) is 4.90 Å². The van der Waals surface area contributed by atoms with Gasteiger partial charge in [0, 0.05) is 13.6 Å². The Bertz CT molecular complexity index is 511. The Kier molecular flexibility index (Phi) is 3.59. The van der Waals surface area contributed by atoms with Crippen LogP contribution in [-0.4, -0.2) is 40.7 Å². The van der Waals surface area contributed by atoms with Gasteiger partial charge in [0.05, 0.1) is 11.3 Å². The molecule has 6 nitrogen and oxygen atoms in total. The summed E-state index contributed by atoms with van der Waals surface area (Å²) in [5.41, 5.74) is 0.180. The number of amides is 2. The quantitative estimate of drug-likeness (QED) is 0.725. The maximum atomic E-state index is 11.8. The number of hydrogen-bond acceptors (Lipinski definition) is 3. The molecule has 0 aromatic heterocycles. The summed E-state index contributed by atoms with van der Waals surface area (Å²) in [6, 6.07) is 3.50. The fourth-order valence-corrected chi connectivity index (χ4v) is 1.75. The molecule has 0 aliphatic heterocycles. The normalized spacial score (nSPS) is 13.9. The predicted octanol–water partition coefficient (Wildman–Crippen LogP) is 1.96. The van der Waals surface area contributed by atoms with E-state index in [0.29, 0.717) is 12.5 Å². The van der Waals surface area contributed by atoms with Gasteiger partial charge in [0.1, 0.15) is 5.75 Å². The van der Waals surface area contributed by atoms with Crippen LogP contribution >= 0.6 is 0 Å². The fourth-order valence-electron chi connectivity index (χ4n) is 1.75. The van der Waals surface area contributed by atoms with Crippen LogP contribution in [0.15, 0.2) is 18.2 Å². The lowest BCUT2D eigenvalue weighted by Crippen LogP contribution is -2.32. The molecule has 19 heavy (non-hydrogen) atoms. The molecule has 0 saturated heterocycles. The third-order valence-electron chi connectivity index (χ3n) is 3.06. The molecule has 0 heterocycles. The summed E-state index contributed by atoms with van der Waals surface area (Å²) >= 11 is 0. The topological polar surface area (TPSA) is 89.9 Å². The molecule has 3 N–H and O–H groups in total. The van der Waals surface area contributed by atoms with Gasteiger partial charge in [0.2, 0.25) is 0 Å². The minimum Gasteiger partial charge on any atom is -0.506 e. The van der Waals surface area contributed by atoms with Crippen molar-refractivity contribution in [3.63, 3.8) is 0 Å². The van der Waals surface area contributed by atoms with Crippen LogP contribution in [0, 0.1) is 5.92 Å². The highest BCUT2D eigenvalue weighted by molar-refractivity contribution is 5.93. The second kappa shape index (κ2) is 5.17. The number of aromatic carboxylic acids is 1. The van der Waals surface area contributed by atoms with Crippen LogP contribution < -0.4 is 5.32 Å². The number of phenols is 1. The van der Waals surface area contributed by atoms with E-state index in [9.17, 15) is 14.7 Å². The van der Waals surface area contributed by atoms with Crippen molar-refractivity contribution in [1.29, 1.82) is 0 Å². The van der Waals surface area contributed by atoms with Gasteiger partial charge in [-0.15, -0.1) is 0 Å². The molecule has 0 atom stereocenters. The van der Waals surface area contributed by atoms with Gasteiger partial charge in [0.15, 0.2) is 0 Å². The number of phenolic OH excluding ortho intramolecular Hbond substituents is 1. The number of benzene rings is 1. The Morgan fingerprint density at radius 3 is 2.63 bits per heavy atom. The summed E-state index contributed by atoms with van der Waals surface area (Å²) in [5.74, 6) is -0.800. The minimum atomic E-state index is -1.13. The number of anilines is 1. The molecule has 1 aromatic carbocycles. The maximum Gasteiger partial charge on any atom is 0.335 e. The number of carbonyl (C=O) groups is 2. The third kappa shape index (κ3) is 3.37. The van der Waals surface area contributed by atoms with Gasteiger partial charge in [0.25, 0.3) is 0 Å². The molecule has 1 aliphatic rings. The predicted molar refractivity (Wildman–Crippen MR) is 69.4 cm³/mol. The smallest absolute Gasteiger partial charge is 0.335 e. The highest BCUT2D eigenvalue weighted by Gasteiger charge is 2.25. The molecular weight excluding hydrogens is 248 g/mol. The largest absolute Gasteiger partial charge is 0.506 e. The van der Waals surface area contributed by atoms with Gasteiger partial charge in [-0.05, 0) is 37.0 Å². The first-order chi connectivity index (χ1) is 8.97. The highest BCUT2D eigenvalue weighted by atomic mass is 16.4. The molecule has 0 unspecified atom stereocenters. The van der Waals surface area contributed by atoms with E-state index in [1.54, 1.807) is 11.9 Å².